The molecule has 3 heterocycles. The van der Waals surface area contributed by atoms with Gasteiger partial charge in [0.25, 0.3) is 5.56 Å². The minimum Gasteiger partial charge on any atom is -0.508 e. The Kier molecular flexibility index (Phi) is 5.45. The number of para-hydroxylation sites is 1. The molecular weight excluding hydrogens is 534 g/mol. The van der Waals surface area contributed by atoms with Crippen LogP contribution in [0.4, 0.5) is 5.82 Å². The Labute approximate surface area is 219 Å². The van der Waals surface area contributed by atoms with Crippen molar-refractivity contribution in [3.8, 4) is 22.7 Å². The highest BCUT2D eigenvalue weighted by Gasteiger charge is 2.21. The van der Waals surface area contributed by atoms with Crippen molar-refractivity contribution in [3.63, 3.8) is 0 Å². The van der Waals surface area contributed by atoms with Gasteiger partial charge in [0.1, 0.15) is 36.0 Å². The van der Waals surface area contributed by atoms with E-state index in [1.807, 2.05) is 55.5 Å². The van der Waals surface area contributed by atoms with E-state index in [0.29, 0.717) is 44.7 Å². The van der Waals surface area contributed by atoms with Crippen LogP contribution in [0.3, 0.4) is 0 Å². The van der Waals surface area contributed by atoms with Gasteiger partial charge in [0.2, 0.25) is 0 Å². The SMILES string of the molecule is Cc1cccc2nc(Cn3nc(-c4cccc(O)c4)c4c(N)ncnc43)n(-c3ccccc3Br)c(=O)c12. The molecule has 3 aromatic carbocycles. The molecule has 0 fully saturated rings. The van der Waals surface area contributed by atoms with E-state index in [0.717, 1.165) is 10.0 Å². The highest BCUT2D eigenvalue weighted by molar-refractivity contribution is 9.10. The van der Waals surface area contributed by atoms with Crippen LogP contribution in [0.2, 0.25) is 0 Å². The molecule has 0 saturated heterocycles. The van der Waals surface area contributed by atoms with Gasteiger partial charge in [0.15, 0.2) is 5.65 Å². The average molecular weight is 554 g/mol. The lowest BCUT2D eigenvalue weighted by Crippen LogP contribution is -2.26. The zero-order valence-corrected chi connectivity index (χ0v) is 21.2. The largest absolute Gasteiger partial charge is 0.508 e. The summed E-state index contributed by atoms with van der Waals surface area (Å²) in [6.45, 7) is 2.03. The summed E-state index contributed by atoms with van der Waals surface area (Å²) in [4.78, 5) is 27.4. The number of phenols is 1. The van der Waals surface area contributed by atoms with Gasteiger partial charge < -0.3 is 10.8 Å². The van der Waals surface area contributed by atoms with E-state index in [1.165, 1.54) is 6.33 Å². The van der Waals surface area contributed by atoms with Crippen LogP contribution in [0, 0.1) is 6.92 Å². The molecule has 0 saturated carbocycles. The number of nitrogens with zero attached hydrogens (tertiary/aromatic N) is 6. The molecule has 0 aliphatic carbocycles. The third-order valence-electron chi connectivity index (χ3n) is 6.24. The molecule has 37 heavy (non-hydrogen) atoms. The topological polar surface area (TPSA) is 125 Å². The maximum atomic E-state index is 13.9. The fraction of sp³-hybridized carbons (Fsp3) is 0.0741. The predicted octanol–water partition coefficient (Wildman–Crippen LogP) is 4.60. The summed E-state index contributed by atoms with van der Waals surface area (Å²) >= 11 is 3.59. The van der Waals surface area contributed by atoms with E-state index in [4.69, 9.17) is 15.8 Å². The van der Waals surface area contributed by atoms with Crippen molar-refractivity contribution >= 4 is 43.7 Å². The number of aryl methyl sites for hydroxylation is 1. The monoisotopic (exact) mass is 553 g/mol. The van der Waals surface area contributed by atoms with Gasteiger partial charge in [-0.3, -0.25) is 9.36 Å². The number of aromatic hydroxyl groups is 1. The van der Waals surface area contributed by atoms with Gasteiger partial charge in [-0.15, -0.1) is 0 Å². The van der Waals surface area contributed by atoms with Gasteiger partial charge in [0, 0.05) is 10.0 Å². The van der Waals surface area contributed by atoms with E-state index < -0.39 is 0 Å². The number of phenolic OH excluding ortho intramolecular Hbond substituents is 1. The number of anilines is 1. The molecule has 6 rings (SSSR count). The van der Waals surface area contributed by atoms with Gasteiger partial charge >= 0.3 is 0 Å². The van der Waals surface area contributed by atoms with Crippen molar-refractivity contribution in [2.24, 2.45) is 0 Å². The van der Waals surface area contributed by atoms with Gasteiger partial charge in [-0.2, -0.15) is 5.10 Å². The number of halogens is 1. The standard InChI is InChI=1S/C27H20BrN7O2/c1-15-6-4-10-19-22(15)27(37)35(20-11-3-2-9-18(20)28)21(32-19)13-34-26-23(25(29)30-14-31-26)24(33-34)16-7-5-8-17(36)12-16/h2-12,14,36H,13H2,1H3,(H2,29,30,31). The third kappa shape index (κ3) is 3.82. The molecule has 3 aromatic heterocycles. The van der Waals surface area contributed by atoms with Crippen LogP contribution in [0.15, 0.2) is 82.3 Å². The Morgan fingerprint density at radius 3 is 2.62 bits per heavy atom. The van der Waals surface area contributed by atoms with Crippen molar-refractivity contribution in [3.05, 3.63) is 99.3 Å². The summed E-state index contributed by atoms with van der Waals surface area (Å²) in [6.07, 6.45) is 1.38. The number of aromatic nitrogens is 6. The van der Waals surface area contributed by atoms with Gasteiger partial charge in [0.05, 0.1) is 22.0 Å². The molecule has 0 radical (unpaired) electrons. The van der Waals surface area contributed by atoms with Crippen LogP contribution in [0.1, 0.15) is 11.4 Å². The first-order chi connectivity index (χ1) is 17.9. The summed E-state index contributed by atoms with van der Waals surface area (Å²) in [5, 5.41) is 16.0. The first-order valence-corrected chi connectivity index (χ1v) is 12.2. The number of hydrogen-bond acceptors (Lipinski definition) is 7. The van der Waals surface area contributed by atoms with Crippen LogP contribution in [0.5, 0.6) is 5.75 Å². The van der Waals surface area contributed by atoms with E-state index in [2.05, 4.69) is 25.9 Å². The molecule has 3 N–H and O–H groups in total. The Morgan fingerprint density at radius 1 is 1.00 bits per heavy atom. The summed E-state index contributed by atoms with van der Waals surface area (Å²) in [6, 6.07) is 19.9. The normalized spacial score (nSPS) is 11.4. The predicted molar refractivity (Wildman–Crippen MR) is 146 cm³/mol. The van der Waals surface area contributed by atoms with E-state index in [1.54, 1.807) is 27.4 Å². The Morgan fingerprint density at radius 2 is 1.81 bits per heavy atom. The molecule has 10 heteroatoms. The maximum absolute atomic E-state index is 13.9. The summed E-state index contributed by atoms with van der Waals surface area (Å²) in [5.74, 6) is 0.837. The van der Waals surface area contributed by atoms with Crippen LogP contribution in [-0.2, 0) is 6.54 Å². The zero-order chi connectivity index (χ0) is 25.7. The number of nitrogen functional groups attached to an aromatic ring is 1. The molecule has 0 unspecified atom stereocenters. The Balaban J connectivity index is 1.63. The smallest absolute Gasteiger partial charge is 0.266 e. The van der Waals surface area contributed by atoms with Gasteiger partial charge in [-0.1, -0.05) is 36.4 Å². The van der Waals surface area contributed by atoms with E-state index in [-0.39, 0.29) is 23.7 Å². The third-order valence-corrected chi connectivity index (χ3v) is 6.91. The van der Waals surface area contributed by atoms with Crippen molar-refractivity contribution in [2.45, 2.75) is 13.5 Å². The van der Waals surface area contributed by atoms with Crippen molar-refractivity contribution in [1.82, 2.24) is 29.3 Å². The Bertz CT molecular complexity index is 1890. The second-order valence-corrected chi connectivity index (χ2v) is 9.46. The van der Waals surface area contributed by atoms with Crippen LogP contribution in [-0.4, -0.2) is 34.4 Å². The number of fused-ring (bicyclic) bond motifs is 2. The molecule has 0 bridgehead atoms. The zero-order valence-electron chi connectivity index (χ0n) is 19.6. The highest BCUT2D eigenvalue weighted by atomic mass is 79.9. The molecule has 9 nitrogen and oxygen atoms in total. The van der Waals surface area contributed by atoms with Crippen LogP contribution in [0.25, 0.3) is 38.9 Å². The summed E-state index contributed by atoms with van der Waals surface area (Å²) in [5.41, 5.74) is 9.86. The summed E-state index contributed by atoms with van der Waals surface area (Å²) in [7, 11) is 0. The molecular formula is C27H20BrN7O2. The lowest BCUT2D eigenvalue weighted by atomic mass is 10.1. The first-order valence-electron chi connectivity index (χ1n) is 11.4. The molecule has 0 aliphatic heterocycles. The fourth-order valence-electron chi connectivity index (χ4n) is 4.56. The number of nitrogens with two attached hydrogens (primary N) is 1. The van der Waals surface area contributed by atoms with E-state index >= 15 is 0 Å². The molecule has 182 valence electrons. The first kappa shape index (κ1) is 22.9. The fourth-order valence-corrected chi connectivity index (χ4v) is 5.02. The lowest BCUT2D eigenvalue weighted by molar-refractivity contribution is 0.475. The molecule has 0 spiro atoms. The average Bonchev–Trinajstić information content (AvgIpc) is 3.25. The van der Waals surface area contributed by atoms with Crippen LogP contribution < -0.4 is 11.3 Å². The summed E-state index contributed by atoms with van der Waals surface area (Å²) < 4.78 is 4.01. The maximum Gasteiger partial charge on any atom is 0.266 e. The molecule has 0 amide bonds. The number of benzene rings is 3. The van der Waals surface area contributed by atoms with Crippen LogP contribution >= 0.6 is 15.9 Å². The van der Waals surface area contributed by atoms with Crippen molar-refractivity contribution in [1.29, 1.82) is 0 Å². The highest BCUT2D eigenvalue weighted by Crippen LogP contribution is 2.32. The second kappa shape index (κ2) is 8.82. The number of rotatable bonds is 4. The molecule has 6 aromatic rings. The molecule has 0 atom stereocenters. The second-order valence-electron chi connectivity index (χ2n) is 8.60. The van der Waals surface area contributed by atoms with Crippen molar-refractivity contribution in [2.75, 3.05) is 5.73 Å². The van der Waals surface area contributed by atoms with Gasteiger partial charge in [-0.05, 0) is 58.7 Å². The van der Waals surface area contributed by atoms with Gasteiger partial charge in [-0.25, -0.2) is 19.6 Å². The minimum absolute atomic E-state index is 0.102. The number of hydrogen-bond donors (Lipinski definition) is 2. The quantitative estimate of drug-likeness (QED) is 0.326. The van der Waals surface area contributed by atoms with E-state index in [9.17, 15) is 9.90 Å². The van der Waals surface area contributed by atoms with Crippen molar-refractivity contribution < 1.29 is 5.11 Å². The lowest BCUT2D eigenvalue weighted by Gasteiger charge is -2.16. The minimum atomic E-state index is -0.177. The Hall–Kier alpha value is -4.57. The molecule has 0 aliphatic rings.